The summed E-state index contributed by atoms with van der Waals surface area (Å²) in [6.45, 7) is 3.07. The predicted molar refractivity (Wildman–Crippen MR) is 216 cm³/mol. The van der Waals surface area contributed by atoms with E-state index in [2.05, 4.69) is 26.6 Å². The van der Waals surface area contributed by atoms with Crippen molar-refractivity contribution in [2.24, 2.45) is 11.7 Å². The molecule has 3 atom stereocenters. The number of carbonyl (C=O) groups excluding carboxylic acids is 7. The minimum atomic E-state index is -4.72. The summed E-state index contributed by atoms with van der Waals surface area (Å²) in [4.78, 5) is 97.1. The van der Waals surface area contributed by atoms with Gasteiger partial charge in [-0.2, -0.15) is 13.2 Å². The van der Waals surface area contributed by atoms with Crippen LogP contribution >= 0.6 is 0 Å². The average molecular weight is 877 g/mol. The van der Waals surface area contributed by atoms with E-state index >= 15 is 0 Å². The number of anilines is 1. The van der Waals surface area contributed by atoms with E-state index in [0.717, 1.165) is 17.1 Å². The molecule has 1 aliphatic rings. The van der Waals surface area contributed by atoms with Gasteiger partial charge in [0.15, 0.2) is 0 Å². The van der Waals surface area contributed by atoms with Gasteiger partial charge in [-0.3, -0.25) is 44.3 Å². The number of imide groups is 1. The van der Waals surface area contributed by atoms with Crippen LogP contribution in [0, 0.1) is 16.0 Å². The molecule has 7 N–H and O–H groups in total. The van der Waals surface area contributed by atoms with Gasteiger partial charge in [-0.25, -0.2) is 9.59 Å². The third-order valence-corrected chi connectivity index (χ3v) is 9.32. The lowest BCUT2D eigenvalue weighted by atomic mass is 9.99. The third kappa shape index (κ3) is 17.6. The number of primary amides is 1. The van der Waals surface area contributed by atoms with Crippen molar-refractivity contribution in [2.45, 2.75) is 96.1 Å². The van der Waals surface area contributed by atoms with Crippen LogP contribution in [0.1, 0.15) is 70.8 Å². The molecule has 0 bridgehead atoms. The SMILES string of the molecule is CC(C)C(N[C@@H](CCCCCN1C(=O)C=CC1=O)C(F)(F)F)C(=O)N[C@@H](CCCNC(N)=O)C(=O)NCCCC(=O)Nc1ccc(COC(=O)Oc2ccc([N+](=O)[O-])cc2)cc1. The highest BCUT2D eigenvalue weighted by molar-refractivity contribution is 6.12. The number of urea groups is 1. The first kappa shape index (κ1) is 49.8. The second kappa shape index (κ2) is 24.6. The molecule has 0 radical (unpaired) electrons. The molecule has 338 valence electrons. The van der Waals surface area contributed by atoms with Crippen LogP contribution in [0.15, 0.2) is 60.7 Å². The van der Waals surface area contributed by atoms with Crippen molar-refractivity contribution < 1.29 is 61.1 Å². The molecule has 1 aliphatic heterocycles. The summed E-state index contributed by atoms with van der Waals surface area (Å²) >= 11 is 0. The summed E-state index contributed by atoms with van der Waals surface area (Å²) < 4.78 is 52.5. The van der Waals surface area contributed by atoms with Crippen LogP contribution in [0.4, 0.5) is 34.1 Å². The number of nitrogens with one attached hydrogen (secondary N) is 5. The van der Waals surface area contributed by atoms with Crippen molar-refractivity contribution in [2.75, 3.05) is 25.0 Å². The number of halogens is 3. The Hall–Kier alpha value is -6.58. The van der Waals surface area contributed by atoms with E-state index in [0.29, 0.717) is 17.7 Å². The van der Waals surface area contributed by atoms with Gasteiger partial charge in [-0.1, -0.05) is 38.8 Å². The summed E-state index contributed by atoms with van der Waals surface area (Å²) in [5.74, 6) is -3.44. The van der Waals surface area contributed by atoms with E-state index in [1.807, 2.05) is 0 Å². The van der Waals surface area contributed by atoms with Gasteiger partial charge in [0.05, 0.1) is 11.0 Å². The Morgan fingerprint density at radius 1 is 0.839 bits per heavy atom. The first-order valence-electron chi connectivity index (χ1n) is 19.8. The molecule has 1 heterocycles. The zero-order valence-electron chi connectivity index (χ0n) is 34.2. The minimum Gasteiger partial charge on any atom is -0.429 e. The van der Waals surface area contributed by atoms with Crippen LogP contribution in [0.3, 0.4) is 0 Å². The van der Waals surface area contributed by atoms with Crippen LogP contribution in [-0.2, 0) is 35.3 Å². The van der Waals surface area contributed by atoms with E-state index in [9.17, 15) is 56.8 Å². The van der Waals surface area contributed by atoms with Gasteiger partial charge in [0, 0.05) is 56.0 Å². The first-order valence-corrected chi connectivity index (χ1v) is 19.8. The van der Waals surface area contributed by atoms with Gasteiger partial charge in [0.1, 0.15) is 24.4 Å². The average Bonchev–Trinajstić information content (AvgIpc) is 3.53. The molecule has 2 aromatic carbocycles. The molecule has 3 rings (SSSR count). The van der Waals surface area contributed by atoms with E-state index in [1.54, 1.807) is 38.1 Å². The third-order valence-electron chi connectivity index (χ3n) is 9.32. The van der Waals surface area contributed by atoms with Gasteiger partial charge >= 0.3 is 18.4 Å². The molecule has 0 aliphatic carbocycles. The molecule has 0 spiro atoms. The highest BCUT2D eigenvalue weighted by Crippen LogP contribution is 2.26. The fourth-order valence-corrected chi connectivity index (χ4v) is 6.02. The lowest BCUT2D eigenvalue weighted by Crippen LogP contribution is -2.58. The van der Waals surface area contributed by atoms with Crippen molar-refractivity contribution in [3.63, 3.8) is 0 Å². The maximum atomic E-state index is 14.2. The molecule has 22 heteroatoms. The summed E-state index contributed by atoms with van der Waals surface area (Å²) in [6.07, 6.45) is -2.90. The summed E-state index contributed by atoms with van der Waals surface area (Å²) in [5, 5.41) is 23.4. The van der Waals surface area contributed by atoms with Crippen molar-refractivity contribution >= 4 is 53.1 Å². The van der Waals surface area contributed by atoms with Gasteiger partial charge in [0.25, 0.3) is 17.5 Å². The van der Waals surface area contributed by atoms with E-state index < -0.39 is 76.9 Å². The minimum absolute atomic E-state index is 0.00299. The number of ether oxygens (including phenoxy) is 2. The standard InChI is InChI=1S/C40H51F3N8O11/c1-25(2)35(49-31(40(41,42)43)9-4-3-5-23-50-33(53)19-20-34(50)54)37(56)48-30(8-6-22-46-38(44)57)36(55)45-21-7-10-32(52)47-27-13-11-26(12-14-27)24-61-39(58)62-29-17-15-28(16-18-29)51(59)60/h11-20,25,30-31,35,49H,3-10,21-24H2,1-2H3,(H,45,55)(H,47,52)(H,48,56)(H3,44,46,57)/t30-,31-,35?/m0/s1. The number of unbranched alkanes of at least 4 members (excludes halogenated alkanes) is 2. The molecule has 2 aromatic rings. The van der Waals surface area contributed by atoms with Crippen LogP contribution in [0.2, 0.25) is 0 Å². The van der Waals surface area contributed by atoms with Gasteiger partial charge in [-0.05, 0) is 67.9 Å². The number of carbonyl (C=O) groups is 7. The van der Waals surface area contributed by atoms with Gasteiger partial charge in [-0.15, -0.1) is 0 Å². The number of nitro groups is 1. The molecule has 7 amide bonds. The Bertz CT molecular complexity index is 1890. The van der Waals surface area contributed by atoms with E-state index in [1.165, 1.54) is 24.3 Å². The zero-order valence-corrected chi connectivity index (χ0v) is 34.2. The fourth-order valence-electron chi connectivity index (χ4n) is 6.02. The van der Waals surface area contributed by atoms with E-state index in [4.69, 9.17) is 15.2 Å². The lowest BCUT2D eigenvalue weighted by Gasteiger charge is -2.30. The molecule has 19 nitrogen and oxygen atoms in total. The highest BCUT2D eigenvalue weighted by atomic mass is 19.4. The Morgan fingerprint density at radius 2 is 1.48 bits per heavy atom. The van der Waals surface area contributed by atoms with Gasteiger partial charge < -0.3 is 36.5 Å². The molecule has 0 fully saturated rings. The number of benzene rings is 2. The quantitative estimate of drug-likeness (QED) is 0.0206. The molecule has 62 heavy (non-hydrogen) atoms. The van der Waals surface area contributed by atoms with Crippen LogP contribution < -0.4 is 37.1 Å². The second-order valence-corrected chi connectivity index (χ2v) is 14.5. The molecule has 0 saturated heterocycles. The smallest absolute Gasteiger partial charge is 0.429 e. The Morgan fingerprint density at radius 3 is 2.08 bits per heavy atom. The molecule has 0 aromatic heterocycles. The number of nitrogens with zero attached hydrogens (tertiary/aromatic N) is 2. The summed E-state index contributed by atoms with van der Waals surface area (Å²) in [6, 6.07) is 5.72. The number of hydrogen-bond acceptors (Lipinski definition) is 12. The normalized spacial score (nSPS) is 13.9. The topological polar surface area (TPSA) is 270 Å². The van der Waals surface area contributed by atoms with Crippen molar-refractivity contribution in [1.29, 1.82) is 0 Å². The molecule has 1 unspecified atom stereocenters. The Kier molecular flexibility index (Phi) is 19.8. The number of hydrogen-bond donors (Lipinski definition) is 6. The van der Waals surface area contributed by atoms with E-state index in [-0.39, 0.29) is 82.6 Å². The molecular weight excluding hydrogens is 825 g/mol. The number of amides is 7. The predicted octanol–water partition coefficient (Wildman–Crippen LogP) is 4.11. The molecule has 0 saturated carbocycles. The zero-order chi connectivity index (χ0) is 45.8. The Labute approximate surface area is 354 Å². The highest BCUT2D eigenvalue weighted by Gasteiger charge is 2.42. The number of nitro benzene ring substituents is 1. The van der Waals surface area contributed by atoms with Crippen molar-refractivity contribution in [3.8, 4) is 5.75 Å². The maximum absolute atomic E-state index is 14.2. The Balaban J connectivity index is 1.47. The monoisotopic (exact) mass is 876 g/mol. The van der Waals surface area contributed by atoms with Crippen LogP contribution in [0.25, 0.3) is 0 Å². The second-order valence-electron chi connectivity index (χ2n) is 14.5. The summed E-state index contributed by atoms with van der Waals surface area (Å²) in [5.41, 5.74) is 5.93. The van der Waals surface area contributed by atoms with Crippen LogP contribution in [0.5, 0.6) is 5.75 Å². The van der Waals surface area contributed by atoms with Crippen molar-refractivity contribution in [1.82, 2.24) is 26.2 Å². The van der Waals surface area contributed by atoms with Crippen LogP contribution in [-0.4, -0.2) is 95.5 Å². The fraction of sp³-hybridized carbons (Fsp3) is 0.475. The largest absolute Gasteiger partial charge is 0.514 e. The summed E-state index contributed by atoms with van der Waals surface area (Å²) in [7, 11) is 0. The lowest BCUT2D eigenvalue weighted by molar-refractivity contribution is -0.384. The maximum Gasteiger partial charge on any atom is 0.514 e. The molecular formula is C40H51F3N8O11. The van der Waals surface area contributed by atoms with Gasteiger partial charge in [0.2, 0.25) is 17.7 Å². The number of alkyl halides is 3. The number of rotatable bonds is 25. The van der Waals surface area contributed by atoms with Crippen molar-refractivity contribution in [3.05, 3.63) is 76.4 Å². The number of non-ortho nitro benzene ring substituents is 1. The number of nitrogens with two attached hydrogens (primary N) is 1. The first-order chi connectivity index (χ1) is 29.3.